The highest BCUT2D eigenvalue weighted by Crippen LogP contribution is 2.21. The van der Waals surface area contributed by atoms with E-state index in [0.717, 1.165) is 11.3 Å². The van der Waals surface area contributed by atoms with Crippen molar-refractivity contribution >= 4 is 28.9 Å². The molecule has 0 saturated carbocycles. The predicted molar refractivity (Wildman–Crippen MR) is 119 cm³/mol. The number of carbonyl (C=O) groups excluding carboxylic acids is 2. The molecule has 2 aromatic carbocycles. The van der Waals surface area contributed by atoms with Gasteiger partial charge in [0.2, 0.25) is 0 Å². The molecular weight excluding hydrogens is 414 g/mol. The number of nitrogens with one attached hydrogen (secondary N) is 1. The molecule has 0 aliphatic heterocycles. The quantitative estimate of drug-likeness (QED) is 0.180. The molecule has 8 nitrogen and oxygen atoms in total. The van der Waals surface area contributed by atoms with Gasteiger partial charge in [0.15, 0.2) is 0 Å². The first-order chi connectivity index (χ1) is 15.5. The zero-order valence-corrected chi connectivity index (χ0v) is 17.8. The number of ether oxygens (including phenoxy) is 3. The summed E-state index contributed by atoms with van der Waals surface area (Å²) in [6.45, 7) is 3.08. The van der Waals surface area contributed by atoms with Crippen molar-refractivity contribution in [3.05, 3.63) is 76.2 Å². The summed E-state index contributed by atoms with van der Waals surface area (Å²) >= 11 is 0. The van der Waals surface area contributed by atoms with Gasteiger partial charge in [-0.3, -0.25) is 4.79 Å². The summed E-state index contributed by atoms with van der Waals surface area (Å²) in [6, 6.07) is 13.3. The molecule has 8 heteroatoms. The maximum atomic E-state index is 12.2. The van der Waals surface area contributed by atoms with E-state index in [1.54, 1.807) is 18.2 Å². The fourth-order valence-electron chi connectivity index (χ4n) is 2.83. The van der Waals surface area contributed by atoms with Gasteiger partial charge >= 0.3 is 11.6 Å². The summed E-state index contributed by atoms with van der Waals surface area (Å²) in [7, 11) is 1.51. The molecule has 1 N–H and O–H groups in total. The van der Waals surface area contributed by atoms with Crippen LogP contribution in [0.15, 0.2) is 63.8 Å². The van der Waals surface area contributed by atoms with Gasteiger partial charge in [0.25, 0.3) is 5.91 Å². The van der Waals surface area contributed by atoms with E-state index in [1.165, 1.54) is 25.3 Å². The van der Waals surface area contributed by atoms with Crippen molar-refractivity contribution in [1.29, 1.82) is 0 Å². The van der Waals surface area contributed by atoms with Gasteiger partial charge < -0.3 is 23.9 Å². The van der Waals surface area contributed by atoms with E-state index in [1.807, 2.05) is 31.2 Å². The highest BCUT2D eigenvalue weighted by Gasteiger charge is 2.14. The lowest BCUT2D eigenvalue weighted by atomic mass is 10.1. The zero-order valence-electron chi connectivity index (χ0n) is 17.8. The van der Waals surface area contributed by atoms with Crippen LogP contribution in [0.2, 0.25) is 0 Å². The highest BCUT2D eigenvalue weighted by molar-refractivity contribution is 5.97. The van der Waals surface area contributed by atoms with Crippen molar-refractivity contribution in [2.45, 2.75) is 6.92 Å². The van der Waals surface area contributed by atoms with Crippen LogP contribution in [0.4, 0.5) is 0 Å². The minimum absolute atomic E-state index is 0.114. The minimum atomic E-state index is -0.786. The average molecular weight is 437 g/mol. The number of hydrogen-bond donors (Lipinski definition) is 1. The lowest BCUT2D eigenvalue weighted by molar-refractivity contribution is -0.128. The van der Waals surface area contributed by atoms with E-state index in [-0.39, 0.29) is 23.4 Å². The third-order valence-corrected chi connectivity index (χ3v) is 4.37. The Morgan fingerprint density at radius 1 is 1.06 bits per heavy atom. The summed E-state index contributed by atoms with van der Waals surface area (Å²) in [4.78, 5) is 36.4. The van der Waals surface area contributed by atoms with E-state index >= 15 is 0 Å². The Hall–Kier alpha value is -3.91. The van der Waals surface area contributed by atoms with Crippen LogP contribution >= 0.6 is 0 Å². The Labute approximate surface area is 184 Å². The molecule has 0 spiro atoms. The number of hydrogen-bond acceptors (Lipinski definition) is 7. The smallest absolute Gasteiger partial charge is 0.349 e. The van der Waals surface area contributed by atoms with Crippen molar-refractivity contribution in [3.63, 3.8) is 0 Å². The molecule has 0 saturated heterocycles. The van der Waals surface area contributed by atoms with Crippen LogP contribution in [0.3, 0.4) is 0 Å². The largest absolute Gasteiger partial charge is 0.494 e. The SMILES string of the molecule is CCOc1ccc(/C=C/C(=O)Oc2ccc3cc(C(=O)NCCOC)c(=O)oc3c2)cc1. The van der Waals surface area contributed by atoms with Gasteiger partial charge in [0.05, 0.1) is 13.2 Å². The molecule has 0 aliphatic rings. The Bertz CT molecular complexity index is 1180. The molecule has 166 valence electrons. The van der Waals surface area contributed by atoms with Crippen molar-refractivity contribution in [1.82, 2.24) is 5.32 Å². The molecular formula is C24H23NO7. The number of fused-ring (bicyclic) bond motifs is 1. The summed E-state index contributed by atoms with van der Waals surface area (Å²) in [5.74, 6) is -0.179. The van der Waals surface area contributed by atoms with Gasteiger partial charge in [-0.25, -0.2) is 9.59 Å². The van der Waals surface area contributed by atoms with E-state index in [2.05, 4.69) is 5.32 Å². The fraction of sp³-hybridized carbons (Fsp3) is 0.208. The van der Waals surface area contributed by atoms with E-state index < -0.39 is 17.5 Å². The van der Waals surface area contributed by atoms with Crippen LogP contribution in [-0.2, 0) is 9.53 Å². The Morgan fingerprint density at radius 2 is 1.81 bits per heavy atom. The monoisotopic (exact) mass is 437 g/mol. The Balaban J connectivity index is 1.68. The minimum Gasteiger partial charge on any atom is -0.494 e. The summed E-state index contributed by atoms with van der Waals surface area (Å²) in [6.07, 6.45) is 2.91. The molecule has 0 aliphatic carbocycles. The number of rotatable bonds is 9. The van der Waals surface area contributed by atoms with E-state index in [4.69, 9.17) is 18.6 Å². The molecule has 0 radical (unpaired) electrons. The topological polar surface area (TPSA) is 104 Å². The Morgan fingerprint density at radius 3 is 2.53 bits per heavy atom. The van der Waals surface area contributed by atoms with Crippen molar-refractivity contribution in [2.24, 2.45) is 0 Å². The van der Waals surface area contributed by atoms with E-state index in [0.29, 0.717) is 18.6 Å². The molecule has 0 fully saturated rings. The van der Waals surface area contributed by atoms with Crippen LogP contribution in [0.5, 0.6) is 11.5 Å². The van der Waals surface area contributed by atoms with Gasteiger partial charge in [-0.15, -0.1) is 0 Å². The van der Waals surface area contributed by atoms with Gasteiger partial charge in [0, 0.05) is 31.2 Å². The first kappa shape index (κ1) is 22.8. The lowest BCUT2D eigenvalue weighted by Gasteiger charge is -2.06. The predicted octanol–water partition coefficient (Wildman–Crippen LogP) is 3.19. The standard InChI is InChI=1S/C24H23NO7/c1-3-30-18-8-4-16(5-9-18)6-11-22(26)31-19-10-7-17-14-20(23(27)25-12-13-29-2)24(28)32-21(17)15-19/h4-11,14-15H,3,12-13H2,1-2H3,(H,25,27)/b11-6+. The zero-order chi connectivity index (χ0) is 22.9. The van der Waals surface area contributed by atoms with Crippen LogP contribution < -0.4 is 20.4 Å². The van der Waals surface area contributed by atoms with E-state index in [9.17, 15) is 14.4 Å². The second kappa shape index (κ2) is 10.9. The summed E-state index contributed by atoms with van der Waals surface area (Å²) in [5, 5.41) is 3.09. The lowest BCUT2D eigenvalue weighted by Crippen LogP contribution is -2.30. The van der Waals surface area contributed by atoms with Crippen LogP contribution in [-0.4, -0.2) is 38.7 Å². The summed E-state index contributed by atoms with van der Waals surface area (Å²) < 4.78 is 20.8. The molecule has 32 heavy (non-hydrogen) atoms. The molecule has 0 atom stereocenters. The van der Waals surface area contributed by atoms with Crippen molar-refractivity contribution in [2.75, 3.05) is 26.9 Å². The first-order valence-electron chi connectivity index (χ1n) is 9.98. The van der Waals surface area contributed by atoms with Gasteiger partial charge in [-0.05, 0) is 48.9 Å². The maximum Gasteiger partial charge on any atom is 0.349 e. The molecule has 1 heterocycles. The van der Waals surface area contributed by atoms with Gasteiger partial charge in [-0.2, -0.15) is 0 Å². The molecule has 1 amide bonds. The fourth-order valence-corrected chi connectivity index (χ4v) is 2.83. The number of methoxy groups -OCH3 is 1. The highest BCUT2D eigenvalue weighted by atomic mass is 16.5. The molecule has 3 aromatic rings. The second-order valence-corrected chi connectivity index (χ2v) is 6.65. The molecule has 3 rings (SSSR count). The van der Waals surface area contributed by atoms with Crippen LogP contribution in [0.25, 0.3) is 17.0 Å². The maximum absolute atomic E-state index is 12.2. The second-order valence-electron chi connectivity index (χ2n) is 6.65. The summed E-state index contributed by atoms with van der Waals surface area (Å²) in [5.41, 5.74) is 0.110. The number of amides is 1. The van der Waals surface area contributed by atoms with Gasteiger partial charge in [0.1, 0.15) is 22.6 Å². The average Bonchev–Trinajstić information content (AvgIpc) is 2.78. The van der Waals surface area contributed by atoms with Crippen LogP contribution in [0, 0.1) is 0 Å². The molecule has 0 bridgehead atoms. The third kappa shape index (κ3) is 6.05. The van der Waals surface area contributed by atoms with Crippen molar-refractivity contribution in [3.8, 4) is 11.5 Å². The first-order valence-corrected chi connectivity index (χ1v) is 9.98. The third-order valence-electron chi connectivity index (χ3n) is 4.37. The molecule has 1 aromatic heterocycles. The number of esters is 1. The Kier molecular flexibility index (Phi) is 7.77. The molecule has 0 unspecified atom stereocenters. The van der Waals surface area contributed by atoms with Crippen molar-refractivity contribution < 1.29 is 28.2 Å². The van der Waals surface area contributed by atoms with Gasteiger partial charge in [-0.1, -0.05) is 12.1 Å². The number of carbonyl (C=O) groups is 2. The van der Waals surface area contributed by atoms with Crippen LogP contribution in [0.1, 0.15) is 22.8 Å². The normalized spacial score (nSPS) is 10.9. The number of benzene rings is 2.